The van der Waals surface area contributed by atoms with Crippen LogP contribution in [0.5, 0.6) is 5.75 Å². The van der Waals surface area contributed by atoms with E-state index >= 15 is 0 Å². The van der Waals surface area contributed by atoms with E-state index in [9.17, 15) is 4.79 Å². The van der Waals surface area contributed by atoms with E-state index < -0.39 is 0 Å². The Hall–Kier alpha value is -2.86. The zero-order valence-electron chi connectivity index (χ0n) is 17.4. The number of likely N-dealkylation sites (tertiary alicyclic amines) is 1. The Labute approximate surface area is 176 Å². The lowest BCUT2D eigenvalue weighted by molar-refractivity contribution is -0.0872. The second kappa shape index (κ2) is 7.43. The molecule has 3 heterocycles. The SMILES string of the molecule is CC(C)O[C@H]1CC2(CCN(C(=O)c3ccc4[nH]ncc4c3)CC2)Oc2ccccc21. The number of H-pyrrole nitrogens is 1. The summed E-state index contributed by atoms with van der Waals surface area (Å²) in [6, 6.07) is 13.9. The van der Waals surface area contributed by atoms with Gasteiger partial charge in [0.2, 0.25) is 0 Å². The molecular formula is C24H27N3O3. The van der Waals surface area contributed by atoms with E-state index in [1.807, 2.05) is 41.3 Å². The third kappa shape index (κ3) is 3.45. The molecule has 1 aromatic heterocycles. The first-order valence-corrected chi connectivity index (χ1v) is 10.7. The van der Waals surface area contributed by atoms with Crippen molar-refractivity contribution < 1.29 is 14.3 Å². The van der Waals surface area contributed by atoms with Gasteiger partial charge < -0.3 is 14.4 Å². The minimum atomic E-state index is -0.279. The first-order valence-electron chi connectivity index (χ1n) is 10.7. The van der Waals surface area contributed by atoms with Crippen molar-refractivity contribution in [2.75, 3.05) is 13.1 Å². The predicted octanol–water partition coefficient (Wildman–Crippen LogP) is 4.49. The molecule has 0 unspecified atom stereocenters. The standard InChI is InChI=1S/C24H27N3O3/c1-16(2)29-22-14-24(30-21-6-4-3-5-19(21)22)9-11-27(12-10-24)23(28)17-7-8-20-18(13-17)15-25-26-20/h3-8,13,15-16,22H,9-12,14H2,1-2H3,(H,25,26)/t22-/m0/s1. The number of nitrogens with one attached hydrogen (secondary N) is 1. The van der Waals surface area contributed by atoms with E-state index in [-0.39, 0.29) is 23.7 Å². The molecule has 0 bridgehead atoms. The summed E-state index contributed by atoms with van der Waals surface area (Å²) < 4.78 is 12.8. The molecule has 30 heavy (non-hydrogen) atoms. The molecule has 1 amide bonds. The summed E-state index contributed by atoms with van der Waals surface area (Å²) in [7, 11) is 0. The highest BCUT2D eigenvalue weighted by molar-refractivity contribution is 5.97. The first kappa shape index (κ1) is 19.1. The van der Waals surface area contributed by atoms with E-state index in [2.05, 4.69) is 30.1 Å². The van der Waals surface area contributed by atoms with Crippen LogP contribution in [0.15, 0.2) is 48.7 Å². The molecule has 2 aromatic carbocycles. The number of piperidine rings is 1. The Morgan fingerprint density at radius 1 is 1.23 bits per heavy atom. The molecule has 1 atom stereocenters. The first-order chi connectivity index (χ1) is 14.5. The molecule has 0 radical (unpaired) electrons. The van der Waals surface area contributed by atoms with Crippen molar-refractivity contribution in [2.45, 2.75) is 50.9 Å². The van der Waals surface area contributed by atoms with E-state index in [1.54, 1.807) is 6.20 Å². The van der Waals surface area contributed by atoms with Gasteiger partial charge in [-0.25, -0.2) is 0 Å². The molecule has 6 nitrogen and oxygen atoms in total. The second-order valence-corrected chi connectivity index (χ2v) is 8.66. The maximum atomic E-state index is 13.1. The van der Waals surface area contributed by atoms with Gasteiger partial charge in [-0.15, -0.1) is 0 Å². The van der Waals surface area contributed by atoms with E-state index in [0.717, 1.165) is 41.5 Å². The quantitative estimate of drug-likeness (QED) is 0.697. The van der Waals surface area contributed by atoms with Gasteiger partial charge in [0.1, 0.15) is 11.4 Å². The maximum Gasteiger partial charge on any atom is 0.253 e. The van der Waals surface area contributed by atoms with Gasteiger partial charge in [-0.05, 0) is 38.1 Å². The van der Waals surface area contributed by atoms with Crippen molar-refractivity contribution in [3.05, 3.63) is 59.8 Å². The van der Waals surface area contributed by atoms with Crippen LogP contribution in [0.2, 0.25) is 0 Å². The number of carbonyl (C=O) groups excluding carboxylic acids is 1. The molecule has 1 saturated heterocycles. The fourth-order valence-corrected chi connectivity index (χ4v) is 4.69. The van der Waals surface area contributed by atoms with Crippen LogP contribution in [0.25, 0.3) is 10.9 Å². The van der Waals surface area contributed by atoms with Gasteiger partial charge in [-0.2, -0.15) is 5.10 Å². The summed E-state index contributed by atoms with van der Waals surface area (Å²) >= 11 is 0. The minimum absolute atomic E-state index is 0.0284. The van der Waals surface area contributed by atoms with E-state index in [0.29, 0.717) is 18.7 Å². The largest absolute Gasteiger partial charge is 0.487 e. The number of carbonyl (C=O) groups is 1. The van der Waals surface area contributed by atoms with Crippen molar-refractivity contribution in [2.24, 2.45) is 0 Å². The zero-order valence-corrected chi connectivity index (χ0v) is 17.4. The molecular weight excluding hydrogens is 378 g/mol. The highest BCUT2D eigenvalue weighted by Gasteiger charge is 2.44. The van der Waals surface area contributed by atoms with Crippen LogP contribution in [-0.4, -0.2) is 45.8 Å². The summed E-state index contributed by atoms with van der Waals surface area (Å²) in [5.74, 6) is 0.985. The van der Waals surface area contributed by atoms with Gasteiger partial charge in [0, 0.05) is 48.9 Å². The lowest BCUT2D eigenvalue weighted by Gasteiger charge is -2.47. The van der Waals surface area contributed by atoms with Crippen molar-refractivity contribution in [1.82, 2.24) is 15.1 Å². The normalized spacial score (nSPS) is 20.4. The lowest BCUT2D eigenvalue weighted by atomic mass is 9.81. The highest BCUT2D eigenvalue weighted by Crippen LogP contribution is 2.46. The predicted molar refractivity (Wildman–Crippen MR) is 115 cm³/mol. The molecule has 3 aromatic rings. The van der Waals surface area contributed by atoms with E-state index in [1.165, 1.54) is 0 Å². The molecule has 2 aliphatic rings. The summed E-state index contributed by atoms with van der Waals surface area (Å²) in [4.78, 5) is 15.0. The number of aromatic nitrogens is 2. The number of amides is 1. The van der Waals surface area contributed by atoms with Crippen molar-refractivity contribution in [3.8, 4) is 5.75 Å². The Balaban J connectivity index is 1.32. The summed E-state index contributed by atoms with van der Waals surface area (Å²) in [6.07, 6.45) is 4.36. The van der Waals surface area contributed by atoms with Gasteiger partial charge in [-0.1, -0.05) is 18.2 Å². The smallest absolute Gasteiger partial charge is 0.253 e. The Morgan fingerprint density at radius 2 is 2.03 bits per heavy atom. The van der Waals surface area contributed by atoms with Gasteiger partial charge in [0.05, 0.1) is 23.9 Å². The molecule has 1 fully saturated rings. The topological polar surface area (TPSA) is 67.5 Å². The fraction of sp³-hybridized carbons (Fsp3) is 0.417. The highest BCUT2D eigenvalue weighted by atomic mass is 16.5. The Kier molecular flexibility index (Phi) is 4.74. The number of nitrogens with zero attached hydrogens (tertiary/aromatic N) is 2. The van der Waals surface area contributed by atoms with Crippen molar-refractivity contribution in [1.29, 1.82) is 0 Å². The molecule has 1 spiro atoms. The van der Waals surface area contributed by atoms with Crippen LogP contribution in [0, 0.1) is 0 Å². The number of hydrogen-bond donors (Lipinski definition) is 1. The number of aromatic amines is 1. The lowest BCUT2D eigenvalue weighted by Crippen LogP contribution is -2.52. The maximum absolute atomic E-state index is 13.1. The van der Waals surface area contributed by atoms with E-state index in [4.69, 9.17) is 9.47 Å². The number of fused-ring (bicyclic) bond motifs is 2. The number of rotatable bonds is 3. The van der Waals surface area contributed by atoms with Gasteiger partial charge in [-0.3, -0.25) is 9.89 Å². The van der Waals surface area contributed by atoms with Crippen LogP contribution in [0.1, 0.15) is 55.1 Å². The van der Waals surface area contributed by atoms with Gasteiger partial charge >= 0.3 is 0 Å². The molecule has 2 aliphatic heterocycles. The summed E-state index contributed by atoms with van der Waals surface area (Å²) in [5.41, 5.74) is 2.49. The third-order valence-corrected chi connectivity index (χ3v) is 6.24. The molecule has 156 valence electrons. The minimum Gasteiger partial charge on any atom is -0.487 e. The molecule has 1 N–H and O–H groups in total. The molecule has 5 rings (SSSR count). The fourth-order valence-electron chi connectivity index (χ4n) is 4.69. The van der Waals surface area contributed by atoms with Crippen molar-refractivity contribution >= 4 is 16.8 Å². The zero-order chi connectivity index (χ0) is 20.7. The van der Waals surface area contributed by atoms with Crippen LogP contribution < -0.4 is 4.74 Å². The monoisotopic (exact) mass is 405 g/mol. The third-order valence-electron chi connectivity index (χ3n) is 6.24. The van der Waals surface area contributed by atoms with Gasteiger partial charge in [0.15, 0.2) is 0 Å². The Bertz CT molecular complexity index is 1070. The average molecular weight is 405 g/mol. The molecule has 6 heteroatoms. The van der Waals surface area contributed by atoms with Crippen molar-refractivity contribution in [3.63, 3.8) is 0 Å². The van der Waals surface area contributed by atoms with Crippen LogP contribution in [0.4, 0.5) is 0 Å². The van der Waals surface area contributed by atoms with Crippen LogP contribution in [0.3, 0.4) is 0 Å². The number of ether oxygens (including phenoxy) is 2. The number of para-hydroxylation sites is 1. The van der Waals surface area contributed by atoms with Crippen LogP contribution >= 0.6 is 0 Å². The molecule has 0 saturated carbocycles. The molecule has 0 aliphatic carbocycles. The van der Waals surface area contributed by atoms with Gasteiger partial charge in [0.25, 0.3) is 5.91 Å². The number of benzene rings is 2. The second-order valence-electron chi connectivity index (χ2n) is 8.66. The number of hydrogen-bond acceptors (Lipinski definition) is 4. The van der Waals surface area contributed by atoms with Crippen LogP contribution in [-0.2, 0) is 4.74 Å². The summed E-state index contributed by atoms with van der Waals surface area (Å²) in [6.45, 7) is 5.50. The Morgan fingerprint density at radius 3 is 2.83 bits per heavy atom. The summed E-state index contributed by atoms with van der Waals surface area (Å²) in [5, 5.41) is 7.92. The average Bonchev–Trinajstić information content (AvgIpc) is 3.21.